The van der Waals surface area contributed by atoms with Gasteiger partial charge in [0.25, 0.3) is 0 Å². The molecule has 1 unspecified atom stereocenters. The number of aryl methyl sites for hydroxylation is 1. The van der Waals surface area contributed by atoms with E-state index in [0.29, 0.717) is 0 Å². The van der Waals surface area contributed by atoms with E-state index in [4.69, 9.17) is 0 Å². The summed E-state index contributed by atoms with van der Waals surface area (Å²) in [5, 5.41) is 10.2. The third-order valence-corrected chi connectivity index (χ3v) is 5.17. The van der Waals surface area contributed by atoms with Gasteiger partial charge in [0.2, 0.25) is 0 Å². The van der Waals surface area contributed by atoms with Crippen molar-refractivity contribution in [1.82, 2.24) is 0 Å². The predicted molar refractivity (Wildman–Crippen MR) is 80.0 cm³/mol. The van der Waals surface area contributed by atoms with Crippen LogP contribution in [0.4, 0.5) is 0 Å². The Balaban J connectivity index is 2.35. The average Bonchev–Trinajstić information content (AvgIpc) is 2.58. The summed E-state index contributed by atoms with van der Waals surface area (Å²) in [5.41, 5.74) is 0.945. The van der Waals surface area contributed by atoms with Crippen LogP contribution in [0.1, 0.15) is 21.4 Å². The van der Waals surface area contributed by atoms with Gasteiger partial charge in [0.1, 0.15) is 6.10 Å². The van der Waals surface area contributed by atoms with Crippen LogP contribution in [0.2, 0.25) is 0 Å². The molecule has 0 saturated heterocycles. The predicted octanol–water partition coefficient (Wildman–Crippen LogP) is 4.51. The molecule has 0 aliphatic heterocycles. The molecule has 2 rings (SSSR count). The van der Waals surface area contributed by atoms with E-state index in [1.165, 1.54) is 4.88 Å². The van der Waals surface area contributed by atoms with Gasteiger partial charge in [-0.1, -0.05) is 12.1 Å². The van der Waals surface area contributed by atoms with Crippen LogP contribution >= 0.6 is 49.9 Å². The Labute approximate surface area is 121 Å². The first-order valence-electron chi connectivity index (χ1n) is 4.77. The van der Waals surface area contributed by atoms with Gasteiger partial charge in [0.15, 0.2) is 0 Å². The largest absolute Gasteiger partial charge is 0.383 e. The Morgan fingerprint density at radius 3 is 2.69 bits per heavy atom. The van der Waals surface area contributed by atoms with Crippen molar-refractivity contribution < 1.29 is 5.11 Å². The lowest BCUT2D eigenvalue weighted by Crippen LogP contribution is -1.96. The second-order valence-corrected chi connectivity index (χ2v) is 6.90. The molecule has 0 bridgehead atoms. The summed E-state index contributed by atoms with van der Waals surface area (Å²) in [7, 11) is 0. The van der Waals surface area contributed by atoms with E-state index in [9.17, 15) is 5.11 Å². The summed E-state index contributed by atoms with van der Waals surface area (Å²) < 4.78 is 2.21. The molecule has 0 fully saturated rings. The number of thiophene rings is 1. The lowest BCUT2D eigenvalue weighted by atomic mass is 10.1. The molecule has 4 heteroatoms. The SMILES string of the molecule is Cc1sc(C(O)c2cccc(I)c2)cc1Br. The highest BCUT2D eigenvalue weighted by atomic mass is 127. The van der Waals surface area contributed by atoms with Gasteiger partial charge in [0, 0.05) is 17.8 Å². The van der Waals surface area contributed by atoms with Crippen LogP contribution in [-0.2, 0) is 0 Å². The monoisotopic (exact) mass is 408 g/mol. The minimum absolute atomic E-state index is 0.523. The van der Waals surface area contributed by atoms with Gasteiger partial charge in [-0.25, -0.2) is 0 Å². The highest BCUT2D eigenvalue weighted by Crippen LogP contribution is 2.33. The minimum atomic E-state index is -0.523. The quantitative estimate of drug-likeness (QED) is 0.725. The van der Waals surface area contributed by atoms with Gasteiger partial charge in [-0.3, -0.25) is 0 Å². The summed E-state index contributed by atoms with van der Waals surface area (Å²) >= 11 is 7.35. The van der Waals surface area contributed by atoms with E-state index in [1.54, 1.807) is 11.3 Å². The molecule has 1 aromatic heterocycles. The van der Waals surface area contributed by atoms with Crippen LogP contribution in [0.3, 0.4) is 0 Å². The molecule has 0 amide bonds. The number of hydrogen-bond donors (Lipinski definition) is 1. The van der Waals surface area contributed by atoms with Crippen molar-refractivity contribution in [2.75, 3.05) is 0 Å². The molecule has 84 valence electrons. The van der Waals surface area contributed by atoms with E-state index < -0.39 is 6.10 Å². The molecule has 1 nitrogen and oxygen atoms in total. The van der Waals surface area contributed by atoms with E-state index >= 15 is 0 Å². The maximum Gasteiger partial charge on any atom is 0.113 e. The first-order chi connectivity index (χ1) is 7.58. The van der Waals surface area contributed by atoms with E-state index in [0.717, 1.165) is 18.5 Å². The molecule has 16 heavy (non-hydrogen) atoms. The summed E-state index contributed by atoms with van der Waals surface area (Å²) in [5.74, 6) is 0. The Morgan fingerprint density at radius 1 is 1.38 bits per heavy atom. The molecule has 1 heterocycles. The van der Waals surface area contributed by atoms with Gasteiger partial charge < -0.3 is 5.11 Å². The van der Waals surface area contributed by atoms with Crippen LogP contribution < -0.4 is 0 Å². The van der Waals surface area contributed by atoms with Crippen LogP contribution in [0.5, 0.6) is 0 Å². The van der Waals surface area contributed by atoms with Crippen molar-refractivity contribution in [3.8, 4) is 0 Å². The van der Waals surface area contributed by atoms with Gasteiger partial charge in [0.05, 0.1) is 0 Å². The Kier molecular flexibility index (Phi) is 4.05. The van der Waals surface area contributed by atoms with Crippen molar-refractivity contribution in [2.24, 2.45) is 0 Å². The van der Waals surface area contributed by atoms with Crippen molar-refractivity contribution in [3.05, 3.63) is 53.7 Å². The average molecular weight is 409 g/mol. The van der Waals surface area contributed by atoms with Gasteiger partial charge in [-0.05, 0) is 69.2 Å². The van der Waals surface area contributed by atoms with Crippen molar-refractivity contribution in [3.63, 3.8) is 0 Å². The molecule has 0 aliphatic carbocycles. The van der Waals surface area contributed by atoms with Gasteiger partial charge >= 0.3 is 0 Å². The number of hydrogen-bond acceptors (Lipinski definition) is 2. The summed E-state index contributed by atoms with van der Waals surface area (Å²) in [6.07, 6.45) is -0.523. The molecular formula is C12H10BrIOS. The maximum atomic E-state index is 10.2. The van der Waals surface area contributed by atoms with Gasteiger partial charge in [-0.15, -0.1) is 11.3 Å². The zero-order valence-corrected chi connectivity index (χ0v) is 13.1. The molecule has 1 aromatic carbocycles. The van der Waals surface area contributed by atoms with E-state index in [-0.39, 0.29) is 0 Å². The second kappa shape index (κ2) is 5.16. The topological polar surface area (TPSA) is 20.2 Å². The first kappa shape index (κ1) is 12.5. The lowest BCUT2D eigenvalue weighted by molar-refractivity contribution is 0.224. The fourth-order valence-electron chi connectivity index (χ4n) is 1.46. The summed E-state index contributed by atoms with van der Waals surface area (Å²) in [4.78, 5) is 2.17. The zero-order valence-electron chi connectivity index (χ0n) is 8.58. The standard InChI is InChI=1S/C12H10BrIOS/c1-7-10(13)6-11(16-7)12(15)8-3-2-4-9(14)5-8/h2-6,12,15H,1H3. The molecule has 1 atom stereocenters. The second-order valence-electron chi connectivity index (χ2n) is 3.51. The van der Waals surface area contributed by atoms with Crippen LogP contribution in [0, 0.1) is 10.5 Å². The number of benzene rings is 1. The van der Waals surface area contributed by atoms with Crippen molar-refractivity contribution in [1.29, 1.82) is 0 Å². The molecular weight excluding hydrogens is 399 g/mol. The van der Waals surface area contributed by atoms with Crippen LogP contribution in [-0.4, -0.2) is 5.11 Å². The van der Waals surface area contributed by atoms with Crippen LogP contribution in [0.25, 0.3) is 0 Å². The fourth-order valence-corrected chi connectivity index (χ4v) is 3.60. The van der Waals surface area contributed by atoms with Crippen LogP contribution in [0.15, 0.2) is 34.8 Å². The normalized spacial score (nSPS) is 12.8. The molecule has 1 N–H and O–H groups in total. The third-order valence-electron chi connectivity index (χ3n) is 2.31. The Hall–Kier alpha value is 0.0900. The van der Waals surface area contributed by atoms with Gasteiger partial charge in [-0.2, -0.15) is 0 Å². The molecule has 0 aliphatic rings. The van der Waals surface area contributed by atoms with Crippen molar-refractivity contribution >= 4 is 49.9 Å². The lowest BCUT2D eigenvalue weighted by Gasteiger charge is -2.08. The Morgan fingerprint density at radius 2 is 2.12 bits per heavy atom. The van der Waals surface area contributed by atoms with E-state index in [1.807, 2.05) is 37.3 Å². The highest BCUT2D eigenvalue weighted by molar-refractivity contribution is 14.1. The number of halogens is 2. The first-order valence-corrected chi connectivity index (χ1v) is 7.46. The van der Waals surface area contributed by atoms with E-state index in [2.05, 4.69) is 38.5 Å². The summed E-state index contributed by atoms with van der Waals surface area (Å²) in [6.45, 7) is 2.04. The molecule has 0 spiro atoms. The number of rotatable bonds is 2. The Bertz CT molecular complexity index is 490. The van der Waals surface area contributed by atoms with Crippen molar-refractivity contribution in [2.45, 2.75) is 13.0 Å². The molecule has 2 aromatic rings. The zero-order chi connectivity index (χ0) is 11.7. The minimum Gasteiger partial charge on any atom is -0.383 e. The number of aliphatic hydroxyl groups is 1. The maximum absolute atomic E-state index is 10.2. The number of aliphatic hydroxyl groups excluding tert-OH is 1. The third kappa shape index (κ3) is 2.67. The molecule has 0 saturated carbocycles. The highest BCUT2D eigenvalue weighted by Gasteiger charge is 2.14. The summed E-state index contributed by atoms with van der Waals surface area (Å²) in [6, 6.07) is 9.94. The molecule has 0 radical (unpaired) electrons. The fraction of sp³-hybridized carbons (Fsp3) is 0.167. The smallest absolute Gasteiger partial charge is 0.113 e.